The first-order valence-electron chi connectivity index (χ1n) is 9.13. The van der Waals surface area contributed by atoms with E-state index in [0.717, 1.165) is 18.5 Å². The topological polar surface area (TPSA) is 106 Å². The van der Waals surface area contributed by atoms with Crippen LogP contribution in [0.15, 0.2) is 55.1 Å². The molecule has 0 unspecified atom stereocenters. The average molecular weight is 394 g/mol. The lowest BCUT2D eigenvalue weighted by Crippen LogP contribution is -2.25. The fraction of sp³-hybridized carbons (Fsp3) is 0.250. The van der Waals surface area contributed by atoms with Crippen LogP contribution in [0.2, 0.25) is 0 Å². The number of hydrogen-bond donors (Lipinski definition) is 1. The van der Waals surface area contributed by atoms with Crippen molar-refractivity contribution in [3.63, 3.8) is 0 Å². The maximum Gasteiger partial charge on any atom is 0.295 e. The first kappa shape index (κ1) is 20.0. The lowest BCUT2D eigenvalue weighted by atomic mass is 10.1. The number of hydrogen-bond acceptors (Lipinski definition) is 6. The highest BCUT2D eigenvalue weighted by Gasteiger charge is 2.19. The summed E-state index contributed by atoms with van der Waals surface area (Å²) in [5.41, 5.74) is 2.61. The van der Waals surface area contributed by atoms with E-state index in [9.17, 15) is 14.9 Å². The van der Waals surface area contributed by atoms with E-state index in [1.165, 1.54) is 35.0 Å². The lowest BCUT2D eigenvalue weighted by molar-refractivity contribution is -0.384. The summed E-state index contributed by atoms with van der Waals surface area (Å²) in [6.45, 7) is 0.479. The summed E-state index contributed by atoms with van der Waals surface area (Å²) < 4.78 is 1.29. The van der Waals surface area contributed by atoms with Crippen LogP contribution in [0.1, 0.15) is 22.3 Å². The molecule has 9 nitrogen and oxygen atoms in total. The third kappa shape index (κ3) is 4.95. The second kappa shape index (κ2) is 8.96. The van der Waals surface area contributed by atoms with E-state index in [4.69, 9.17) is 0 Å². The van der Waals surface area contributed by atoms with Crippen molar-refractivity contribution in [2.24, 2.45) is 0 Å². The molecule has 3 rings (SSSR count). The Hall–Kier alpha value is -3.75. The average Bonchev–Trinajstić information content (AvgIpc) is 3.25. The van der Waals surface area contributed by atoms with Gasteiger partial charge in [-0.25, -0.2) is 9.67 Å². The first-order chi connectivity index (χ1) is 14.0. The summed E-state index contributed by atoms with van der Waals surface area (Å²) in [5, 5.41) is 18.1. The van der Waals surface area contributed by atoms with Gasteiger partial charge in [-0.3, -0.25) is 14.9 Å². The summed E-state index contributed by atoms with van der Waals surface area (Å²) in [4.78, 5) is 29.1. The van der Waals surface area contributed by atoms with Crippen LogP contribution < -0.4 is 10.2 Å². The maximum atomic E-state index is 12.4. The van der Waals surface area contributed by atoms with Gasteiger partial charge in [0.15, 0.2) is 0 Å². The van der Waals surface area contributed by atoms with Crippen LogP contribution in [-0.2, 0) is 6.42 Å². The molecular formula is C20H22N6O3. The third-order valence-corrected chi connectivity index (χ3v) is 4.48. The zero-order valence-corrected chi connectivity index (χ0v) is 16.3. The van der Waals surface area contributed by atoms with Crippen molar-refractivity contribution >= 4 is 17.3 Å². The monoisotopic (exact) mass is 394 g/mol. The SMILES string of the molecule is CN(C)c1ccc(CCCNC(=O)c2ccc(-n3cncn3)c([N+](=O)[O-])c2)cc1. The van der Waals surface area contributed by atoms with Crippen molar-refractivity contribution in [2.45, 2.75) is 12.8 Å². The minimum absolute atomic E-state index is 0.205. The van der Waals surface area contributed by atoms with Crippen molar-refractivity contribution in [1.29, 1.82) is 0 Å². The van der Waals surface area contributed by atoms with Crippen molar-refractivity contribution in [2.75, 3.05) is 25.5 Å². The molecule has 0 atom stereocenters. The molecule has 0 radical (unpaired) electrons. The second-order valence-corrected chi connectivity index (χ2v) is 6.72. The van der Waals surface area contributed by atoms with Crippen LogP contribution in [0.3, 0.4) is 0 Å². The maximum absolute atomic E-state index is 12.4. The van der Waals surface area contributed by atoms with Crippen LogP contribution in [-0.4, -0.2) is 46.2 Å². The Balaban J connectivity index is 1.58. The Morgan fingerprint density at radius 3 is 2.59 bits per heavy atom. The highest BCUT2D eigenvalue weighted by Crippen LogP contribution is 2.23. The molecule has 150 valence electrons. The van der Waals surface area contributed by atoms with Crippen molar-refractivity contribution in [3.8, 4) is 5.69 Å². The molecule has 0 bridgehead atoms. The summed E-state index contributed by atoms with van der Waals surface area (Å²) in [6, 6.07) is 12.6. The second-order valence-electron chi connectivity index (χ2n) is 6.72. The Bertz CT molecular complexity index is 984. The Labute approximate surface area is 168 Å². The van der Waals surface area contributed by atoms with Gasteiger partial charge in [0.25, 0.3) is 11.6 Å². The molecule has 3 aromatic rings. The normalized spacial score (nSPS) is 10.6. The Kier molecular flexibility index (Phi) is 6.18. The largest absolute Gasteiger partial charge is 0.378 e. The molecule has 2 aromatic carbocycles. The number of nitrogens with one attached hydrogen (secondary N) is 1. The smallest absolute Gasteiger partial charge is 0.295 e. The van der Waals surface area contributed by atoms with Crippen molar-refractivity contribution in [1.82, 2.24) is 20.1 Å². The van der Waals surface area contributed by atoms with Gasteiger partial charge in [-0.1, -0.05) is 12.1 Å². The Morgan fingerprint density at radius 2 is 1.97 bits per heavy atom. The molecule has 9 heteroatoms. The van der Waals surface area contributed by atoms with Crippen molar-refractivity contribution < 1.29 is 9.72 Å². The van der Waals surface area contributed by atoms with E-state index in [2.05, 4.69) is 39.7 Å². The molecular weight excluding hydrogens is 372 g/mol. The van der Waals surface area contributed by atoms with E-state index < -0.39 is 4.92 Å². The number of aromatic nitrogens is 3. The first-order valence-corrected chi connectivity index (χ1v) is 9.13. The zero-order chi connectivity index (χ0) is 20.8. The van der Waals surface area contributed by atoms with Gasteiger partial charge in [-0.2, -0.15) is 5.10 Å². The van der Waals surface area contributed by atoms with Gasteiger partial charge in [-0.15, -0.1) is 0 Å². The highest BCUT2D eigenvalue weighted by atomic mass is 16.6. The zero-order valence-electron chi connectivity index (χ0n) is 16.3. The minimum Gasteiger partial charge on any atom is -0.378 e. The molecule has 1 aromatic heterocycles. The summed E-state index contributed by atoms with van der Waals surface area (Å²) in [7, 11) is 3.99. The van der Waals surface area contributed by atoms with Gasteiger partial charge >= 0.3 is 0 Å². The quantitative estimate of drug-likeness (QED) is 0.358. The number of benzene rings is 2. The van der Waals surface area contributed by atoms with Crippen LogP contribution in [0.4, 0.5) is 11.4 Å². The van der Waals surface area contributed by atoms with Gasteiger partial charge in [0, 0.05) is 38.0 Å². The van der Waals surface area contributed by atoms with Crippen LogP contribution in [0, 0.1) is 10.1 Å². The van der Waals surface area contributed by atoms with E-state index in [1.807, 2.05) is 19.0 Å². The van der Waals surface area contributed by atoms with E-state index >= 15 is 0 Å². The molecule has 0 aliphatic heterocycles. The molecule has 1 amide bonds. The number of aryl methyl sites for hydroxylation is 1. The van der Waals surface area contributed by atoms with Gasteiger partial charge in [0.05, 0.1) is 4.92 Å². The third-order valence-electron chi connectivity index (χ3n) is 4.48. The molecule has 0 aliphatic carbocycles. The highest BCUT2D eigenvalue weighted by molar-refractivity contribution is 5.95. The van der Waals surface area contributed by atoms with Gasteiger partial charge in [0.2, 0.25) is 0 Å². The number of nitro groups is 1. The fourth-order valence-corrected chi connectivity index (χ4v) is 2.89. The number of carbonyl (C=O) groups is 1. The molecule has 0 fully saturated rings. The van der Waals surface area contributed by atoms with Crippen LogP contribution in [0.5, 0.6) is 0 Å². The molecule has 0 saturated carbocycles. The molecule has 1 heterocycles. The number of amides is 1. The van der Waals surface area contributed by atoms with E-state index in [1.54, 1.807) is 6.07 Å². The number of carbonyl (C=O) groups excluding carboxylic acids is 1. The van der Waals surface area contributed by atoms with Gasteiger partial charge in [-0.05, 0) is 42.7 Å². The summed E-state index contributed by atoms with van der Waals surface area (Å²) in [5.74, 6) is -0.346. The minimum atomic E-state index is -0.537. The number of rotatable bonds is 8. The number of anilines is 1. The molecule has 0 spiro atoms. The number of nitrogens with zero attached hydrogens (tertiary/aromatic N) is 5. The fourth-order valence-electron chi connectivity index (χ4n) is 2.89. The molecule has 1 N–H and O–H groups in total. The lowest BCUT2D eigenvalue weighted by Gasteiger charge is -2.12. The predicted octanol–water partition coefficient (Wildman–Crippen LogP) is 2.60. The molecule has 0 aliphatic rings. The van der Waals surface area contributed by atoms with Gasteiger partial charge < -0.3 is 10.2 Å². The van der Waals surface area contributed by atoms with Gasteiger partial charge in [0.1, 0.15) is 18.3 Å². The van der Waals surface area contributed by atoms with E-state index in [0.29, 0.717) is 6.54 Å². The summed E-state index contributed by atoms with van der Waals surface area (Å²) in [6.07, 6.45) is 4.26. The molecule has 29 heavy (non-hydrogen) atoms. The predicted molar refractivity (Wildman–Crippen MR) is 109 cm³/mol. The van der Waals surface area contributed by atoms with Crippen LogP contribution >= 0.6 is 0 Å². The van der Waals surface area contributed by atoms with E-state index in [-0.39, 0.29) is 22.8 Å². The van der Waals surface area contributed by atoms with Crippen LogP contribution in [0.25, 0.3) is 5.69 Å². The number of nitro benzene ring substituents is 1. The molecule has 0 saturated heterocycles. The summed E-state index contributed by atoms with van der Waals surface area (Å²) >= 11 is 0. The van der Waals surface area contributed by atoms with Crippen molar-refractivity contribution in [3.05, 3.63) is 76.4 Å². The standard InChI is InChI=1S/C20H22N6O3/c1-24(2)17-8-5-15(6-9-17)4-3-11-22-20(27)16-7-10-18(19(12-16)26(28)29)25-14-21-13-23-25/h5-10,12-14H,3-4,11H2,1-2H3,(H,22,27). The Morgan fingerprint density at radius 1 is 1.21 bits per heavy atom.